The first-order valence-corrected chi connectivity index (χ1v) is 10.9. The van der Waals surface area contributed by atoms with Crippen molar-refractivity contribution in [2.24, 2.45) is 12.8 Å². The number of ether oxygens (including phenoxy) is 1. The van der Waals surface area contributed by atoms with Crippen LogP contribution in [-0.2, 0) is 13.6 Å². The van der Waals surface area contributed by atoms with Crippen molar-refractivity contribution in [2.45, 2.75) is 32.4 Å². The average molecular weight is 434 g/mol. The number of benzene rings is 1. The molecule has 9 nitrogen and oxygen atoms in total. The SMILES string of the molecule is CCn1c(-c2nc3cc(C(=O)N4CCC[C@@H](N)C4)cc(OC)c3n2C)nc2cccnc21. The third-order valence-corrected chi connectivity index (χ3v) is 6.17. The Kier molecular flexibility index (Phi) is 5.05. The van der Waals surface area contributed by atoms with E-state index in [0.717, 1.165) is 35.3 Å². The maximum absolute atomic E-state index is 13.2. The molecule has 3 aromatic heterocycles. The van der Waals surface area contributed by atoms with Gasteiger partial charge in [0.05, 0.1) is 12.6 Å². The number of amides is 1. The molecule has 1 amide bonds. The molecular weight excluding hydrogens is 406 g/mol. The topological polar surface area (TPSA) is 104 Å². The van der Waals surface area contributed by atoms with E-state index in [1.54, 1.807) is 19.4 Å². The van der Waals surface area contributed by atoms with Gasteiger partial charge in [-0.25, -0.2) is 15.0 Å². The molecule has 0 aliphatic carbocycles. The number of hydrogen-bond acceptors (Lipinski definition) is 6. The second kappa shape index (κ2) is 7.90. The van der Waals surface area contributed by atoms with Crippen molar-refractivity contribution in [3.63, 3.8) is 0 Å². The predicted octanol–water partition coefficient (Wildman–Crippen LogP) is 2.58. The molecule has 1 aromatic carbocycles. The molecule has 5 rings (SSSR count). The number of hydrogen-bond donors (Lipinski definition) is 1. The molecule has 0 radical (unpaired) electrons. The van der Waals surface area contributed by atoms with E-state index in [9.17, 15) is 4.79 Å². The Hall–Kier alpha value is -3.46. The average Bonchev–Trinajstić information content (AvgIpc) is 3.35. The van der Waals surface area contributed by atoms with E-state index in [2.05, 4.69) is 11.9 Å². The lowest BCUT2D eigenvalue weighted by molar-refractivity contribution is 0.0708. The molecule has 1 saturated heterocycles. The number of carbonyl (C=O) groups is 1. The van der Waals surface area contributed by atoms with Gasteiger partial charge < -0.3 is 24.5 Å². The Morgan fingerprint density at radius 3 is 2.81 bits per heavy atom. The number of carbonyl (C=O) groups excluding carboxylic acids is 1. The first kappa shape index (κ1) is 20.4. The number of nitrogens with zero attached hydrogens (tertiary/aromatic N) is 6. The summed E-state index contributed by atoms with van der Waals surface area (Å²) < 4.78 is 9.69. The van der Waals surface area contributed by atoms with E-state index in [0.29, 0.717) is 42.3 Å². The lowest BCUT2D eigenvalue weighted by Gasteiger charge is -2.30. The Morgan fingerprint density at radius 1 is 1.25 bits per heavy atom. The number of rotatable bonds is 4. The van der Waals surface area contributed by atoms with Gasteiger partial charge in [0.25, 0.3) is 5.91 Å². The van der Waals surface area contributed by atoms with Gasteiger partial charge in [0.1, 0.15) is 16.8 Å². The first-order valence-electron chi connectivity index (χ1n) is 10.9. The van der Waals surface area contributed by atoms with Gasteiger partial charge in [-0.1, -0.05) is 0 Å². The van der Waals surface area contributed by atoms with E-state index in [-0.39, 0.29) is 11.9 Å². The highest BCUT2D eigenvalue weighted by molar-refractivity contribution is 6.00. The van der Waals surface area contributed by atoms with Crippen LogP contribution in [0.3, 0.4) is 0 Å². The van der Waals surface area contributed by atoms with Crippen LogP contribution in [0.4, 0.5) is 0 Å². The minimum atomic E-state index is -0.0439. The number of aromatic nitrogens is 5. The quantitative estimate of drug-likeness (QED) is 0.530. The summed E-state index contributed by atoms with van der Waals surface area (Å²) >= 11 is 0. The Balaban J connectivity index is 1.64. The predicted molar refractivity (Wildman–Crippen MR) is 123 cm³/mol. The molecule has 4 heterocycles. The number of likely N-dealkylation sites (tertiary alicyclic amines) is 1. The minimum absolute atomic E-state index is 0.0235. The molecule has 0 saturated carbocycles. The summed E-state index contributed by atoms with van der Waals surface area (Å²) in [7, 11) is 3.54. The van der Waals surface area contributed by atoms with E-state index >= 15 is 0 Å². The van der Waals surface area contributed by atoms with Crippen LogP contribution in [-0.4, -0.2) is 61.1 Å². The van der Waals surface area contributed by atoms with Crippen molar-refractivity contribution in [3.8, 4) is 17.4 Å². The fraction of sp³-hybridized carbons (Fsp3) is 0.391. The summed E-state index contributed by atoms with van der Waals surface area (Å²) in [4.78, 5) is 29.2. The van der Waals surface area contributed by atoms with Gasteiger partial charge in [-0.05, 0) is 44.0 Å². The van der Waals surface area contributed by atoms with Crippen LogP contribution in [0.2, 0.25) is 0 Å². The molecule has 1 atom stereocenters. The van der Waals surface area contributed by atoms with E-state index < -0.39 is 0 Å². The van der Waals surface area contributed by atoms with Gasteiger partial charge in [0, 0.05) is 44.5 Å². The molecule has 0 bridgehead atoms. The molecule has 166 valence electrons. The molecule has 1 aliphatic rings. The summed E-state index contributed by atoms with van der Waals surface area (Å²) in [5.41, 5.74) is 9.79. The third-order valence-electron chi connectivity index (χ3n) is 6.17. The zero-order valence-electron chi connectivity index (χ0n) is 18.6. The second-order valence-corrected chi connectivity index (χ2v) is 8.22. The lowest BCUT2D eigenvalue weighted by Crippen LogP contribution is -2.45. The van der Waals surface area contributed by atoms with E-state index in [1.165, 1.54) is 0 Å². The van der Waals surface area contributed by atoms with Crippen molar-refractivity contribution in [1.29, 1.82) is 0 Å². The van der Waals surface area contributed by atoms with Crippen LogP contribution in [0.5, 0.6) is 5.75 Å². The van der Waals surface area contributed by atoms with Crippen LogP contribution in [0.1, 0.15) is 30.1 Å². The number of imidazole rings is 2. The van der Waals surface area contributed by atoms with E-state index in [1.807, 2.05) is 39.3 Å². The normalized spacial score (nSPS) is 16.8. The summed E-state index contributed by atoms with van der Waals surface area (Å²) in [6.07, 6.45) is 3.63. The van der Waals surface area contributed by atoms with Gasteiger partial charge >= 0.3 is 0 Å². The molecule has 1 fully saturated rings. The number of aryl methyl sites for hydroxylation is 2. The lowest BCUT2D eigenvalue weighted by atomic mass is 10.0. The van der Waals surface area contributed by atoms with Gasteiger partial charge in [0.15, 0.2) is 17.3 Å². The second-order valence-electron chi connectivity index (χ2n) is 8.22. The number of nitrogens with two attached hydrogens (primary N) is 1. The van der Waals surface area contributed by atoms with Crippen molar-refractivity contribution in [2.75, 3.05) is 20.2 Å². The van der Waals surface area contributed by atoms with E-state index in [4.69, 9.17) is 20.4 Å². The molecule has 4 aromatic rings. The number of methoxy groups -OCH3 is 1. The van der Waals surface area contributed by atoms with Gasteiger partial charge in [-0.15, -0.1) is 0 Å². The zero-order chi connectivity index (χ0) is 22.4. The molecule has 0 unspecified atom stereocenters. The minimum Gasteiger partial charge on any atom is -0.494 e. The van der Waals surface area contributed by atoms with Gasteiger partial charge in [0.2, 0.25) is 0 Å². The maximum Gasteiger partial charge on any atom is 0.254 e. The van der Waals surface area contributed by atoms with Crippen LogP contribution in [0.25, 0.3) is 33.8 Å². The smallest absolute Gasteiger partial charge is 0.254 e. The van der Waals surface area contributed by atoms with Crippen LogP contribution in [0.15, 0.2) is 30.5 Å². The van der Waals surface area contributed by atoms with Crippen LogP contribution >= 0.6 is 0 Å². The summed E-state index contributed by atoms with van der Waals surface area (Å²) in [6, 6.07) is 7.47. The Bertz CT molecular complexity index is 1320. The zero-order valence-corrected chi connectivity index (χ0v) is 18.6. The molecule has 0 spiro atoms. The largest absolute Gasteiger partial charge is 0.494 e. The van der Waals surface area contributed by atoms with Gasteiger partial charge in [-0.2, -0.15) is 0 Å². The molecule has 9 heteroatoms. The van der Waals surface area contributed by atoms with Crippen molar-refractivity contribution in [3.05, 3.63) is 36.0 Å². The summed E-state index contributed by atoms with van der Waals surface area (Å²) in [5, 5.41) is 0. The third kappa shape index (κ3) is 3.20. The summed E-state index contributed by atoms with van der Waals surface area (Å²) in [6.45, 7) is 4.05. The van der Waals surface area contributed by atoms with Crippen LogP contribution < -0.4 is 10.5 Å². The molecule has 1 aliphatic heterocycles. The van der Waals surface area contributed by atoms with Crippen LogP contribution in [0, 0.1) is 0 Å². The Morgan fingerprint density at radius 2 is 2.06 bits per heavy atom. The Labute approximate surface area is 185 Å². The van der Waals surface area contributed by atoms with Crippen molar-refractivity contribution in [1.82, 2.24) is 29.0 Å². The highest BCUT2D eigenvalue weighted by atomic mass is 16.5. The van der Waals surface area contributed by atoms with Crippen molar-refractivity contribution < 1.29 is 9.53 Å². The highest BCUT2D eigenvalue weighted by Gasteiger charge is 2.26. The first-order chi connectivity index (χ1) is 15.5. The fourth-order valence-corrected chi connectivity index (χ4v) is 4.60. The fourth-order valence-electron chi connectivity index (χ4n) is 4.60. The molecule has 32 heavy (non-hydrogen) atoms. The van der Waals surface area contributed by atoms with Gasteiger partial charge in [-0.3, -0.25) is 4.79 Å². The molecule has 2 N–H and O–H groups in total. The summed E-state index contributed by atoms with van der Waals surface area (Å²) in [5.74, 6) is 1.99. The number of piperidine rings is 1. The van der Waals surface area contributed by atoms with Crippen molar-refractivity contribution >= 4 is 28.1 Å². The standard InChI is InChI=1S/C23H27N7O2/c1-4-30-20-16(8-5-9-25-20)26-22(30)21-27-17-11-14(12-18(32-3)19(17)28(21)2)23(31)29-10-6-7-15(24)13-29/h5,8-9,11-12,15H,4,6-7,10,13,24H2,1-3H3/t15-/m1/s1. The number of fused-ring (bicyclic) bond motifs is 2. The molecular formula is C23H27N7O2. The highest BCUT2D eigenvalue weighted by Crippen LogP contribution is 2.33. The number of pyridine rings is 1. The maximum atomic E-state index is 13.2. The monoisotopic (exact) mass is 433 g/mol.